The number of nitrogens with zero attached hydrogens (tertiary/aromatic N) is 1. The molecule has 0 saturated carbocycles. The van der Waals surface area contributed by atoms with E-state index in [2.05, 4.69) is 5.92 Å². The Balaban J connectivity index is 2.62. The van der Waals surface area contributed by atoms with Crippen molar-refractivity contribution in [3.8, 4) is 12.3 Å². The van der Waals surface area contributed by atoms with Gasteiger partial charge in [-0.2, -0.15) is 0 Å². The molecule has 1 amide bonds. The zero-order valence-electron chi connectivity index (χ0n) is 8.45. The molecule has 0 bridgehead atoms. The smallest absolute Gasteiger partial charge is 0.230 e. The molecule has 1 rings (SSSR count). The average molecular weight is 193 g/mol. The molecule has 1 fully saturated rings. The van der Waals surface area contributed by atoms with Crippen LogP contribution in [0, 0.1) is 12.3 Å². The number of hydrogen-bond donors (Lipinski definition) is 0. The highest BCUT2D eigenvalue weighted by molar-refractivity contribution is 6.00. The lowest BCUT2D eigenvalue weighted by atomic mass is 10.0. The van der Waals surface area contributed by atoms with E-state index in [-0.39, 0.29) is 24.2 Å². The fourth-order valence-electron chi connectivity index (χ4n) is 1.73. The van der Waals surface area contributed by atoms with E-state index in [1.807, 2.05) is 6.92 Å². The first-order valence-electron chi connectivity index (χ1n) is 4.93. The van der Waals surface area contributed by atoms with Crippen LogP contribution in [-0.2, 0) is 9.59 Å². The molecule has 1 unspecified atom stereocenters. The van der Waals surface area contributed by atoms with Gasteiger partial charge in [0.1, 0.15) is 5.78 Å². The van der Waals surface area contributed by atoms with Gasteiger partial charge in [0.2, 0.25) is 5.91 Å². The molecule has 3 heteroatoms. The van der Waals surface area contributed by atoms with E-state index in [0.717, 1.165) is 6.42 Å². The fraction of sp³-hybridized carbons (Fsp3) is 0.636. The van der Waals surface area contributed by atoms with Crippen molar-refractivity contribution in [3.05, 3.63) is 0 Å². The van der Waals surface area contributed by atoms with Gasteiger partial charge in [0.25, 0.3) is 0 Å². The quantitative estimate of drug-likeness (QED) is 0.495. The third-order valence-electron chi connectivity index (χ3n) is 2.57. The zero-order chi connectivity index (χ0) is 10.6. The number of amides is 1. The van der Waals surface area contributed by atoms with Gasteiger partial charge in [-0.05, 0) is 6.42 Å². The Hall–Kier alpha value is -1.30. The molecular weight excluding hydrogens is 178 g/mol. The van der Waals surface area contributed by atoms with Crippen LogP contribution in [0.4, 0.5) is 0 Å². The molecule has 1 saturated heterocycles. The van der Waals surface area contributed by atoms with Crippen molar-refractivity contribution in [1.82, 2.24) is 4.90 Å². The molecule has 1 atom stereocenters. The van der Waals surface area contributed by atoms with Gasteiger partial charge in [-0.25, -0.2) is 0 Å². The van der Waals surface area contributed by atoms with Crippen LogP contribution in [0.2, 0.25) is 0 Å². The number of piperidine rings is 1. The van der Waals surface area contributed by atoms with Crippen LogP contribution in [0.5, 0.6) is 0 Å². The molecule has 0 spiro atoms. The highest BCUT2D eigenvalue weighted by Crippen LogP contribution is 2.15. The Morgan fingerprint density at radius 3 is 2.79 bits per heavy atom. The third-order valence-corrected chi connectivity index (χ3v) is 2.57. The summed E-state index contributed by atoms with van der Waals surface area (Å²) in [5.74, 6) is 2.55. The van der Waals surface area contributed by atoms with E-state index in [4.69, 9.17) is 6.42 Å². The lowest BCUT2D eigenvalue weighted by Crippen LogP contribution is -2.45. The first-order chi connectivity index (χ1) is 6.69. The molecule has 1 heterocycles. The van der Waals surface area contributed by atoms with Crippen LogP contribution >= 0.6 is 0 Å². The van der Waals surface area contributed by atoms with E-state index in [1.54, 1.807) is 4.90 Å². The summed E-state index contributed by atoms with van der Waals surface area (Å²) < 4.78 is 0. The van der Waals surface area contributed by atoms with Crippen LogP contribution in [-0.4, -0.2) is 29.2 Å². The van der Waals surface area contributed by atoms with Gasteiger partial charge < -0.3 is 4.90 Å². The molecule has 0 radical (unpaired) electrons. The van der Waals surface area contributed by atoms with Gasteiger partial charge in [-0.1, -0.05) is 6.92 Å². The molecule has 1 aliphatic heterocycles. The maximum Gasteiger partial charge on any atom is 0.230 e. The van der Waals surface area contributed by atoms with Crippen molar-refractivity contribution in [2.75, 3.05) is 6.54 Å². The number of terminal acetylenes is 1. The van der Waals surface area contributed by atoms with Crippen molar-refractivity contribution < 1.29 is 9.59 Å². The first kappa shape index (κ1) is 10.8. The third kappa shape index (κ3) is 2.35. The van der Waals surface area contributed by atoms with Crippen LogP contribution in [0.25, 0.3) is 0 Å². The van der Waals surface area contributed by atoms with Crippen molar-refractivity contribution in [3.63, 3.8) is 0 Å². The summed E-state index contributed by atoms with van der Waals surface area (Å²) in [4.78, 5) is 24.3. The van der Waals surface area contributed by atoms with Crippen LogP contribution in [0.1, 0.15) is 32.6 Å². The molecule has 14 heavy (non-hydrogen) atoms. The number of carbonyl (C=O) groups is 2. The van der Waals surface area contributed by atoms with Gasteiger partial charge >= 0.3 is 0 Å². The normalized spacial score (nSPS) is 19.3. The first-order valence-corrected chi connectivity index (χ1v) is 4.93. The maximum atomic E-state index is 11.5. The van der Waals surface area contributed by atoms with Gasteiger partial charge in [0, 0.05) is 25.4 Å². The van der Waals surface area contributed by atoms with Gasteiger partial charge in [-0.15, -0.1) is 12.3 Å². The minimum atomic E-state index is -0.0663. The predicted molar refractivity (Wildman–Crippen MR) is 53.5 cm³/mol. The molecular formula is C11H15NO2. The molecule has 3 nitrogen and oxygen atoms in total. The van der Waals surface area contributed by atoms with E-state index in [9.17, 15) is 9.59 Å². The minimum Gasteiger partial charge on any atom is -0.338 e. The van der Waals surface area contributed by atoms with Crippen LogP contribution in [0.3, 0.4) is 0 Å². The Morgan fingerprint density at radius 1 is 1.57 bits per heavy atom. The summed E-state index contributed by atoms with van der Waals surface area (Å²) in [6, 6.07) is 0.112. The maximum absolute atomic E-state index is 11.5. The SMILES string of the molecule is C#CCC(CC)N1CCC(=O)CC1=O. The predicted octanol–water partition coefficient (Wildman–Crippen LogP) is 0.980. The summed E-state index contributed by atoms with van der Waals surface area (Å²) in [5, 5.41) is 0. The highest BCUT2D eigenvalue weighted by Gasteiger charge is 2.27. The highest BCUT2D eigenvalue weighted by atomic mass is 16.2. The fourth-order valence-corrected chi connectivity index (χ4v) is 1.73. The number of hydrogen-bond acceptors (Lipinski definition) is 2. The van der Waals surface area contributed by atoms with Crippen molar-refractivity contribution in [1.29, 1.82) is 0 Å². The second-order valence-electron chi connectivity index (χ2n) is 3.52. The average Bonchev–Trinajstić information content (AvgIpc) is 2.15. The van der Waals surface area contributed by atoms with Crippen molar-refractivity contribution >= 4 is 11.7 Å². The Labute approximate surface area is 84.5 Å². The molecule has 0 aromatic heterocycles. The van der Waals surface area contributed by atoms with Crippen LogP contribution in [0.15, 0.2) is 0 Å². The molecule has 0 aliphatic carbocycles. The second-order valence-corrected chi connectivity index (χ2v) is 3.52. The number of likely N-dealkylation sites (tertiary alicyclic amines) is 1. The van der Waals surface area contributed by atoms with Crippen molar-refractivity contribution in [2.45, 2.75) is 38.6 Å². The lowest BCUT2D eigenvalue weighted by Gasteiger charge is -2.32. The minimum absolute atomic E-state index is 0.0433. The molecule has 76 valence electrons. The summed E-state index contributed by atoms with van der Waals surface area (Å²) in [5.41, 5.74) is 0. The molecule has 0 aromatic carbocycles. The molecule has 1 aliphatic rings. The van der Waals surface area contributed by atoms with Gasteiger partial charge in [-0.3, -0.25) is 9.59 Å². The molecule has 0 aromatic rings. The number of carbonyl (C=O) groups excluding carboxylic acids is 2. The summed E-state index contributed by atoms with van der Waals surface area (Å²) in [6.45, 7) is 2.55. The standard InChI is InChI=1S/C11H15NO2/c1-3-5-9(4-2)12-7-6-10(13)8-11(12)14/h1,9H,4-8H2,2H3. The van der Waals surface area contributed by atoms with E-state index < -0.39 is 0 Å². The number of ketones is 1. The second kappa shape index (κ2) is 4.80. The Bertz CT molecular complexity index is 278. The lowest BCUT2D eigenvalue weighted by molar-refractivity contribution is -0.141. The van der Waals surface area contributed by atoms with Crippen LogP contribution < -0.4 is 0 Å². The number of Topliss-reactive ketones (excluding diaryl/α,β-unsaturated/α-hetero) is 1. The van der Waals surface area contributed by atoms with E-state index >= 15 is 0 Å². The zero-order valence-corrected chi connectivity index (χ0v) is 8.45. The molecule has 0 N–H and O–H groups in total. The summed E-state index contributed by atoms with van der Waals surface area (Å²) in [7, 11) is 0. The van der Waals surface area contributed by atoms with E-state index in [0.29, 0.717) is 19.4 Å². The van der Waals surface area contributed by atoms with E-state index in [1.165, 1.54) is 0 Å². The monoisotopic (exact) mass is 193 g/mol. The number of rotatable bonds is 3. The summed E-state index contributed by atoms with van der Waals surface area (Å²) >= 11 is 0. The topological polar surface area (TPSA) is 37.4 Å². The summed E-state index contributed by atoms with van der Waals surface area (Å²) in [6.07, 6.45) is 7.20. The Morgan fingerprint density at radius 2 is 2.29 bits per heavy atom. The van der Waals surface area contributed by atoms with Crippen molar-refractivity contribution in [2.24, 2.45) is 0 Å². The van der Waals surface area contributed by atoms with Gasteiger partial charge in [0.15, 0.2) is 0 Å². The largest absolute Gasteiger partial charge is 0.338 e. The van der Waals surface area contributed by atoms with Gasteiger partial charge in [0.05, 0.1) is 6.42 Å². The Kier molecular flexibility index (Phi) is 3.70.